The van der Waals surface area contributed by atoms with Gasteiger partial charge in [-0.2, -0.15) is 0 Å². The molecule has 1 fully saturated rings. The van der Waals surface area contributed by atoms with Crippen LogP contribution in [0.5, 0.6) is 0 Å². The van der Waals surface area contributed by atoms with Crippen molar-refractivity contribution in [2.75, 3.05) is 13.1 Å². The van der Waals surface area contributed by atoms with Crippen molar-refractivity contribution in [2.45, 2.75) is 19.5 Å². The van der Waals surface area contributed by atoms with Gasteiger partial charge in [0.05, 0.1) is 0 Å². The van der Waals surface area contributed by atoms with Crippen LogP contribution in [0.25, 0.3) is 0 Å². The molecule has 112 valence electrons. The number of nitrogens with zero attached hydrogens (tertiary/aromatic N) is 1. The molecule has 0 saturated carbocycles. The zero-order chi connectivity index (χ0) is 15.4. The summed E-state index contributed by atoms with van der Waals surface area (Å²) in [7, 11) is 0. The Morgan fingerprint density at radius 2 is 2.05 bits per heavy atom. The summed E-state index contributed by atoms with van der Waals surface area (Å²) in [5, 5.41) is 5.20. The number of nitrogens with two attached hydrogens (primary N) is 1. The maximum absolute atomic E-state index is 12.4. The molecule has 0 bridgehead atoms. The zero-order valence-electron chi connectivity index (χ0n) is 11.8. The topological polar surface area (TPSA) is 105 Å². The van der Waals surface area contributed by atoms with Crippen LogP contribution in [0.15, 0.2) is 24.3 Å². The van der Waals surface area contributed by atoms with Gasteiger partial charge in [0.25, 0.3) is 5.91 Å². The summed E-state index contributed by atoms with van der Waals surface area (Å²) in [4.78, 5) is 36.2. The molecule has 2 rings (SSSR count). The van der Waals surface area contributed by atoms with Gasteiger partial charge in [-0.3, -0.25) is 9.59 Å². The Morgan fingerprint density at radius 3 is 2.67 bits per heavy atom. The van der Waals surface area contributed by atoms with Crippen LogP contribution in [0.2, 0.25) is 0 Å². The number of urea groups is 1. The van der Waals surface area contributed by atoms with E-state index in [4.69, 9.17) is 5.73 Å². The minimum absolute atomic E-state index is 0.142. The van der Waals surface area contributed by atoms with Gasteiger partial charge in [0, 0.05) is 25.2 Å². The molecule has 1 saturated heterocycles. The lowest BCUT2D eigenvalue weighted by Gasteiger charge is -2.32. The van der Waals surface area contributed by atoms with Crippen molar-refractivity contribution in [2.24, 2.45) is 5.73 Å². The minimum Gasteiger partial charge on any atom is -0.353 e. The lowest BCUT2D eigenvalue weighted by Crippen LogP contribution is -2.55. The molecule has 1 aliphatic rings. The maximum atomic E-state index is 12.4. The largest absolute Gasteiger partial charge is 0.353 e. The van der Waals surface area contributed by atoms with Crippen molar-refractivity contribution in [3.05, 3.63) is 35.4 Å². The highest BCUT2D eigenvalue weighted by molar-refractivity contribution is 5.98. The number of carbonyl (C=O) groups excluding carboxylic acids is 3. The second kappa shape index (κ2) is 6.25. The van der Waals surface area contributed by atoms with Crippen LogP contribution in [-0.4, -0.2) is 41.9 Å². The molecule has 0 aliphatic carbocycles. The molecule has 1 aromatic carbocycles. The lowest BCUT2D eigenvalue weighted by atomic mass is 10.1. The van der Waals surface area contributed by atoms with Crippen LogP contribution >= 0.6 is 0 Å². The Hall–Kier alpha value is -2.57. The quantitative estimate of drug-likeness (QED) is 0.719. The summed E-state index contributed by atoms with van der Waals surface area (Å²) in [5.41, 5.74) is 6.35. The normalized spacial score (nSPS) is 18.0. The summed E-state index contributed by atoms with van der Waals surface area (Å²) in [6, 6.07) is 5.79. The molecule has 7 heteroatoms. The molecule has 1 atom stereocenters. The second-order valence-corrected chi connectivity index (χ2v) is 4.88. The third-order valence-electron chi connectivity index (χ3n) is 3.43. The average molecular weight is 290 g/mol. The highest BCUT2D eigenvalue weighted by Gasteiger charge is 2.29. The van der Waals surface area contributed by atoms with Gasteiger partial charge in [0.2, 0.25) is 5.91 Å². The Bertz CT molecular complexity index is 556. The number of piperazine rings is 1. The van der Waals surface area contributed by atoms with E-state index in [0.29, 0.717) is 25.2 Å². The first-order chi connectivity index (χ1) is 9.99. The Kier molecular flexibility index (Phi) is 4.42. The molecule has 0 radical (unpaired) electrons. The lowest BCUT2D eigenvalue weighted by molar-refractivity contribution is -0.127. The molecule has 4 amide bonds. The Labute approximate surface area is 122 Å². The smallest absolute Gasteiger partial charge is 0.312 e. The number of nitrogens with one attached hydrogen (secondary N) is 2. The summed E-state index contributed by atoms with van der Waals surface area (Å²) >= 11 is 0. The molecule has 7 nitrogen and oxygen atoms in total. The average Bonchev–Trinajstić information content (AvgIpc) is 2.48. The molecule has 21 heavy (non-hydrogen) atoms. The van der Waals surface area contributed by atoms with Crippen LogP contribution in [0.3, 0.4) is 0 Å². The Morgan fingerprint density at radius 1 is 1.38 bits per heavy atom. The molecule has 0 aromatic heterocycles. The van der Waals surface area contributed by atoms with Gasteiger partial charge in [-0.1, -0.05) is 12.1 Å². The predicted octanol–water partition coefficient (Wildman–Crippen LogP) is -0.185. The molecule has 1 heterocycles. The SMILES string of the molecule is CC1C(=O)NCCN1C(=O)c1ccc(CNC(N)=O)cc1. The number of rotatable bonds is 3. The number of hydrogen-bond acceptors (Lipinski definition) is 3. The van der Waals surface area contributed by atoms with Crippen molar-refractivity contribution in [1.29, 1.82) is 0 Å². The monoisotopic (exact) mass is 290 g/mol. The number of amides is 4. The van der Waals surface area contributed by atoms with E-state index < -0.39 is 12.1 Å². The van der Waals surface area contributed by atoms with Crippen LogP contribution in [0.4, 0.5) is 4.79 Å². The van der Waals surface area contributed by atoms with E-state index >= 15 is 0 Å². The van der Waals surface area contributed by atoms with Gasteiger partial charge in [-0.15, -0.1) is 0 Å². The highest BCUT2D eigenvalue weighted by atomic mass is 16.2. The van der Waals surface area contributed by atoms with Gasteiger partial charge in [-0.05, 0) is 24.6 Å². The Balaban J connectivity index is 2.05. The van der Waals surface area contributed by atoms with Gasteiger partial charge in [0.15, 0.2) is 0 Å². The summed E-state index contributed by atoms with van der Waals surface area (Å²) in [6.45, 7) is 2.98. The molecular formula is C14H18N4O3. The van der Waals surface area contributed by atoms with E-state index in [-0.39, 0.29) is 11.8 Å². The summed E-state index contributed by atoms with van der Waals surface area (Å²) < 4.78 is 0. The standard InChI is InChI=1S/C14H18N4O3/c1-9-12(19)16-6-7-18(9)13(20)11-4-2-10(3-5-11)8-17-14(15)21/h2-5,9H,6-8H2,1H3,(H,16,19)(H3,15,17,21). The van der Waals surface area contributed by atoms with E-state index in [0.717, 1.165) is 5.56 Å². The molecular weight excluding hydrogens is 272 g/mol. The molecule has 4 N–H and O–H groups in total. The highest BCUT2D eigenvalue weighted by Crippen LogP contribution is 2.12. The molecule has 1 unspecified atom stereocenters. The van der Waals surface area contributed by atoms with Gasteiger partial charge in [0.1, 0.15) is 6.04 Å². The first-order valence-electron chi connectivity index (χ1n) is 6.70. The first kappa shape index (κ1) is 14.8. The third kappa shape index (κ3) is 3.50. The number of primary amides is 1. The fourth-order valence-corrected chi connectivity index (χ4v) is 2.18. The predicted molar refractivity (Wildman–Crippen MR) is 76.4 cm³/mol. The van der Waals surface area contributed by atoms with Crippen LogP contribution in [0.1, 0.15) is 22.8 Å². The van der Waals surface area contributed by atoms with Crippen LogP contribution < -0.4 is 16.4 Å². The molecule has 1 aromatic rings. The number of hydrogen-bond donors (Lipinski definition) is 3. The van der Waals surface area contributed by atoms with E-state index in [9.17, 15) is 14.4 Å². The number of benzene rings is 1. The zero-order valence-corrected chi connectivity index (χ0v) is 11.8. The van der Waals surface area contributed by atoms with Crippen molar-refractivity contribution >= 4 is 17.8 Å². The summed E-state index contributed by atoms with van der Waals surface area (Å²) in [6.07, 6.45) is 0. The molecule has 1 aliphatic heterocycles. The van der Waals surface area contributed by atoms with Crippen LogP contribution in [0, 0.1) is 0 Å². The maximum Gasteiger partial charge on any atom is 0.312 e. The van der Waals surface area contributed by atoms with Gasteiger partial charge in [-0.25, -0.2) is 4.79 Å². The van der Waals surface area contributed by atoms with E-state index in [1.807, 2.05) is 0 Å². The van der Waals surface area contributed by atoms with Crippen molar-refractivity contribution in [3.63, 3.8) is 0 Å². The van der Waals surface area contributed by atoms with Crippen molar-refractivity contribution < 1.29 is 14.4 Å². The third-order valence-corrected chi connectivity index (χ3v) is 3.43. The van der Waals surface area contributed by atoms with Crippen molar-refractivity contribution in [3.8, 4) is 0 Å². The van der Waals surface area contributed by atoms with Crippen molar-refractivity contribution in [1.82, 2.24) is 15.5 Å². The fourth-order valence-electron chi connectivity index (χ4n) is 2.18. The second-order valence-electron chi connectivity index (χ2n) is 4.88. The van der Waals surface area contributed by atoms with Crippen LogP contribution in [-0.2, 0) is 11.3 Å². The minimum atomic E-state index is -0.594. The van der Waals surface area contributed by atoms with E-state index in [2.05, 4.69) is 10.6 Å². The first-order valence-corrected chi connectivity index (χ1v) is 6.70. The van der Waals surface area contributed by atoms with E-state index in [1.165, 1.54) is 0 Å². The van der Waals surface area contributed by atoms with Gasteiger partial charge >= 0.3 is 6.03 Å². The number of carbonyl (C=O) groups is 3. The molecule has 0 spiro atoms. The summed E-state index contributed by atoms with van der Waals surface area (Å²) in [5.74, 6) is -0.316. The fraction of sp³-hybridized carbons (Fsp3) is 0.357. The van der Waals surface area contributed by atoms with E-state index in [1.54, 1.807) is 36.1 Å². The van der Waals surface area contributed by atoms with Gasteiger partial charge < -0.3 is 21.3 Å².